The van der Waals surface area contributed by atoms with Crippen LogP contribution >= 0.6 is 0 Å². The lowest BCUT2D eigenvalue weighted by molar-refractivity contribution is 0.0679. The summed E-state index contributed by atoms with van der Waals surface area (Å²) in [4.78, 5) is 41.6. The van der Waals surface area contributed by atoms with E-state index in [1.165, 1.54) is 36.7 Å². The maximum atomic E-state index is 12.2. The summed E-state index contributed by atoms with van der Waals surface area (Å²) in [5.74, 6) is -2.17. The second-order valence-electron chi connectivity index (χ2n) is 5.47. The van der Waals surface area contributed by atoms with Gasteiger partial charge >= 0.3 is 11.9 Å². The Morgan fingerprint density at radius 3 is 1.82 bits per heavy atom. The lowest BCUT2D eigenvalue weighted by Crippen LogP contribution is -2.19. The van der Waals surface area contributed by atoms with Crippen molar-refractivity contribution in [2.24, 2.45) is 0 Å². The normalized spacial score (nSPS) is 10.1. The van der Waals surface area contributed by atoms with Crippen LogP contribution in [0.2, 0.25) is 0 Å². The van der Waals surface area contributed by atoms with Gasteiger partial charge in [-0.15, -0.1) is 0 Å². The molecule has 9 nitrogen and oxygen atoms in total. The molecule has 3 aromatic rings. The highest BCUT2D eigenvalue weighted by Gasteiger charge is 2.19. The largest absolute Gasteiger partial charge is 0.478 e. The number of carbonyl (C=O) groups excluding carboxylic acids is 1. The number of benzene rings is 2. The fourth-order valence-corrected chi connectivity index (χ4v) is 2.26. The van der Waals surface area contributed by atoms with E-state index in [0.29, 0.717) is 17.2 Å². The van der Waals surface area contributed by atoms with Crippen molar-refractivity contribution in [3.05, 3.63) is 77.9 Å². The van der Waals surface area contributed by atoms with E-state index in [2.05, 4.69) is 15.3 Å². The van der Waals surface area contributed by atoms with Gasteiger partial charge in [0.25, 0.3) is 5.91 Å². The fraction of sp³-hybridized carbons (Fsp3) is 0. The van der Waals surface area contributed by atoms with Crippen LogP contribution in [0.5, 0.6) is 11.5 Å². The van der Waals surface area contributed by atoms with Gasteiger partial charge in [0.1, 0.15) is 11.5 Å². The summed E-state index contributed by atoms with van der Waals surface area (Å²) in [7, 11) is 0. The monoisotopic (exact) mass is 379 g/mol. The van der Waals surface area contributed by atoms with Crippen LogP contribution in [0.15, 0.2) is 60.9 Å². The van der Waals surface area contributed by atoms with Crippen molar-refractivity contribution in [3.8, 4) is 11.5 Å². The van der Waals surface area contributed by atoms with Crippen molar-refractivity contribution in [1.29, 1.82) is 0 Å². The molecule has 2 aromatic carbocycles. The third-order valence-electron chi connectivity index (χ3n) is 3.57. The average molecular weight is 379 g/mol. The molecule has 3 rings (SSSR count). The van der Waals surface area contributed by atoms with Crippen molar-refractivity contribution >= 4 is 23.5 Å². The van der Waals surface area contributed by atoms with Crippen LogP contribution in [-0.4, -0.2) is 38.0 Å². The molecule has 1 heterocycles. The first-order valence-electron chi connectivity index (χ1n) is 7.91. The number of rotatable bonds is 6. The molecular formula is C19H13N3O6. The third-order valence-corrected chi connectivity index (χ3v) is 3.57. The third kappa shape index (κ3) is 4.28. The van der Waals surface area contributed by atoms with Crippen molar-refractivity contribution < 1.29 is 29.3 Å². The topological polar surface area (TPSA) is 139 Å². The smallest absolute Gasteiger partial charge is 0.356 e. The molecule has 3 N–H and O–H groups in total. The highest BCUT2D eigenvalue weighted by atomic mass is 16.5. The Labute approximate surface area is 158 Å². The van der Waals surface area contributed by atoms with Gasteiger partial charge in [-0.25, -0.2) is 19.6 Å². The zero-order valence-corrected chi connectivity index (χ0v) is 14.2. The number of hydrogen-bond acceptors (Lipinski definition) is 6. The molecule has 1 amide bonds. The van der Waals surface area contributed by atoms with Crippen molar-refractivity contribution in [3.63, 3.8) is 0 Å². The summed E-state index contributed by atoms with van der Waals surface area (Å²) in [6.07, 6.45) is 2.42. The predicted molar refractivity (Wildman–Crippen MR) is 96.9 cm³/mol. The van der Waals surface area contributed by atoms with Gasteiger partial charge in [0.15, 0.2) is 11.4 Å². The number of amides is 1. The zero-order valence-electron chi connectivity index (χ0n) is 14.2. The minimum atomic E-state index is -1.35. The van der Waals surface area contributed by atoms with Crippen LogP contribution < -0.4 is 10.1 Å². The molecule has 0 fully saturated rings. The molecule has 0 unspecified atom stereocenters. The van der Waals surface area contributed by atoms with Crippen molar-refractivity contribution in [2.75, 3.05) is 5.32 Å². The Morgan fingerprint density at radius 2 is 1.29 bits per heavy atom. The molecule has 28 heavy (non-hydrogen) atoms. The average Bonchev–Trinajstić information content (AvgIpc) is 2.70. The Hall–Kier alpha value is -4.27. The highest BCUT2D eigenvalue weighted by molar-refractivity contribution is 6.08. The molecule has 0 aliphatic carbocycles. The van der Waals surface area contributed by atoms with Gasteiger partial charge in [0, 0.05) is 18.1 Å². The molecule has 0 aliphatic heterocycles. The summed E-state index contributed by atoms with van der Waals surface area (Å²) in [5, 5.41) is 20.5. The number of nitrogens with zero attached hydrogens (tertiary/aromatic N) is 2. The number of carboxylic acids is 2. The van der Waals surface area contributed by atoms with Crippen LogP contribution in [-0.2, 0) is 0 Å². The number of aromatic nitrogens is 2. The van der Waals surface area contributed by atoms with Gasteiger partial charge in [-0.3, -0.25) is 4.79 Å². The lowest BCUT2D eigenvalue weighted by Gasteiger charge is -2.09. The minimum absolute atomic E-state index is 0.148. The quantitative estimate of drug-likeness (QED) is 0.594. The number of carbonyl (C=O) groups is 3. The highest BCUT2D eigenvalue weighted by Crippen LogP contribution is 2.23. The van der Waals surface area contributed by atoms with Crippen molar-refractivity contribution in [2.45, 2.75) is 0 Å². The predicted octanol–water partition coefficient (Wildman–Crippen LogP) is 2.92. The maximum Gasteiger partial charge on any atom is 0.356 e. The summed E-state index contributed by atoms with van der Waals surface area (Å²) in [5.41, 5.74) is -0.186. The summed E-state index contributed by atoms with van der Waals surface area (Å²) >= 11 is 0. The van der Waals surface area contributed by atoms with E-state index in [9.17, 15) is 14.4 Å². The molecule has 1 aromatic heterocycles. The molecule has 0 spiro atoms. The molecule has 0 atom stereocenters. The number of anilines is 1. The van der Waals surface area contributed by atoms with E-state index in [-0.39, 0.29) is 11.3 Å². The lowest BCUT2D eigenvalue weighted by atomic mass is 10.2. The summed E-state index contributed by atoms with van der Waals surface area (Å²) in [6, 6.07) is 12.2. The number of carboxylic acid groups (broad SMARTS) is 2. The molecule has 0 aliphatic rings. The molecule has 9 heteroatoms. The van der Waals surface area contributed by atoms with Crippen LogP contribution in [0.25, 0.3) is 0 Å². The molecule has 140 valence electrons. The molecule has 0 bridgehead atoms. The number of aromatic carboxylic acids is 2. The van der Waals surface area contributed by atoms with Crippen LogP contribution in [0, 0.1) is 0 Å². The Bertz CT molecular complexity index is 1030. The summed E-state index contributed by atoms with van der Waals surface area (Å²) in [6.45, 7) is 0. The van der Waals surface area contributed by atoms with E-state index in [0.717, 1.165) is 0 Å². The molecular weight excluding hydrogens is 366 g/mol. The standard InChI is InChI=1S/C19H13N3O6/c23-17(15-16(19(26)27)21-10-9-20-15)22-12-3-7-14(8-4-12)28-13-5-1-11(2-6-13)18(24)25/h1-10H,(H,22,23)(H,24,25)(H,26,27). The van der Waals surface area contributed by atoms with Gasteiger partial charge in [-0.1, -0.05) is 0 Å². The Morgan fingerprint density at radius 1 is 0.750 bits per heavy atom. The van der Waals surface area contributed by atoms with Gasteiger partial charge in [0.2, 0.25) is 0 Å². The van der Waals surface area contributed by atoms with Crippen molar-refractivity contribution in [1.82, 2.24) is 9.97 Å². The van der Waals surface area contributed by atoms with E-state index in [1.807, 2.05) is 0 Å². The van der Waals surface area contributed by atoms with Gasteiger partial charge in [-0.2, -0.15) is 0 Å². The van der Waals surface area contributed by atoms with Crippen LogP contribution in [0.4, 0.5) is 5.69 Å². The van der Waals surface area contributed by atoms with E-state index in [1.54, 1.807) is 24.3 Å². The SMILES string of the molecule is O=C(O)c1ccc(Oc2ccc(NC(=O)c3nccnc3C(=O)O)cc2)cc1. The van der Waals surface area contributed by atoms with E-state index < -0.39 is 23.5 Å². The maximum absolute atomic E-state index is 12.2. The second kappa shape index (κ2) is 7.96. The van der Waals surface area contributed by atoms with Gasteiger partial charge in [0.05, 0.1) is 5.56 Å². The Balaban J connectivity index is 1.68. The van der Waals surface area contributed by atoms with Gasteiger partial charge < -0.3 is 20.3 Å². The first-order valence-corrected chi connectivity index (χ1v) is 7.91. The zero-order chi connectivity index (χ0) is 20.1. The van der Waals surface area contributed by atoms with Gasteiger partial charge in [-0.05, 0) is 48.5 Å². The molecule has 0 saturated carbocycles. The van der Waals surface area contributed by atoms with E-state index in [4.69, 9.17) is 14.9 Å². The first kappa shape index (κ1) is 18.5. The molecule has 0 saturated heterocycles. The van der Waals surface area contributed by atoms with Crippen LogP contribution in [0.3, 0.4) is 0 Å². The molecule has 0 radical (unpaired) electrons. The number of hydrogen-bond donors (Lipinski definition) is 3. The fourth-order valence-electron chi connectivity index (χ4n) is 2.26. The second-order valence-corrected chi connectivity index (χ2v) is 5.47. The minimum Gasteiger partial charge on any atom is -0.478 e. The first-order chi connectivity index (χ1) is 13.4. The number of ether oxygens (including phenoxy) is 1. The summed E-state index contributed by atoms with van der Waals surface area (Å²) < 4.78 is 5.60. The van der Waals surface area contributed by atoms with Crippen LogP contribution in [0.1, 0.15) is 31.3 Å². The Kier molecular flexibility index (Phi) is 5.26. The number of nitrogens with one attached hydrogen (secondary N) is 1. The van der Waals surface area contributed by atoms with E-state index >= 15 is 0 Å².